The van der Waals surface area contributed by atoms with Gasteiger partial charge in [-0.05, 0) is 24.3 Å². The molecule has 2 aromatic rings. The highest BCUT2D eigenvalue weighted by Crippen LogP contribution is 2.29. The fourth-order valence-corrected chi connectivity index (χ4v) is 1.32. The Kier molecular flexibility index (Phi) is 3.24. The fourth-order valence-electron chi connectivity index (χ4n) is 1.32. The first kappa shape index (κ1) is 13.1. The minimum Gasteiger partial charge on any atom is -0.417 e. The summed E-state index contributed by atoms with van der Waals surface area (Å²) in [5, 5.41) is 9.31. The molecule has 1 N–H and O–H groups in total. The van der Waals surface area contributed by atoms with E-state index in [4.69, 9.17) is 4.42 Å². The van der Waals surface area contributed by atoms with E-state index in [1.165, 1.54) is 6.92 Å². The maximum atomic E-state index is 12.3. The number of alkyl halides is 3. The van der Waals surface area contributed by atoms with E-state index in [1.807, 2.05) is 0 Å². The van der Waals surface area contributed by atoms with E-state index in [9.17, 15) is 18.0 Å². The number of hydrogen-bond acceptors (Lipinski definition) is 4. The summed E-state index contributed by atoms with van der Waals surface area (Å²) in [4.78, 5) is 11.6. The smallest absolute Gasteiger partial charge is 0.416 e. The lowest BCUT2D eigenvalue weighted by atomic mass is 10.2. The second-order valence-electron chi connectivity index (χ2n) is 3.66. The molecule has 0 spiro atoms. The van der Waals surface area contributed by atoms with Crippen LogP contribution in [0.3, 0.4) is 0 Å². The summed E-state index contributed by atoms with van der Waals surface area (Å²) >= 11 is 0. The van der Waals surface area contributed by atoms with Gasteiger partial charge in [-0.2, -0.15) is 13.2 Å². The third-order valence-corrected chi connectivity index (χ3v) is 2.19. The van der Waals surface area contributed by atoms with Crippen molar-refractivity contribution in [2.75, 3.05) is 5.32 Å². The number of rotatable bonds is 2. The summed E-state index contributed by atoms with van der Waals surface area (Å²) in [6.07, 6.45) is -4.41. The van der Waals surface area contributed by atoms with Crippen LogP contribution in [-0.2, 0) is 6.18 Å². The zero-order valence-corrected chi connectivity index (χ0v) is 9.65. The number of aryl methyl sites for hydroxylation is 1. The highest BCUT2D eigenvalue weighted by molar-refractivity contribution is 6.00. The third-order valence-electron chi connectivity index (χ3n) is 2.19. The van der Waals surface area contributed by atoms with Gasteiger partial charge in [0.25, 0.3) is 0 Å². The van der Waals surface area contributed by atoms with Crippen molar-refractivity contribution in [3.8, 4) is 0 Å². The van der Waals surface area contributed by atoms with Gasteiger partial charge in [0.1, 0.15) is 0 Å². The Balaban J connectivity index is 2.10. The van der Waals surface area contributed by atoms with Crippen molar-refractivity contribution in [1.29, 1.82) is 0 Å². The number of carbonyl (C=O) groups excluding carboxylic acids is 1. The van der Waals surface area contributed by atoms with Gasteiger partial charge in [-0.15, -0.1) is 10.2 Å². The average Bonchev–Trinajstić information content (AvgIpc) is 2.75. The summed E-state index contributed by atoms with van der Waals surface area (Å²) in [6, 6.07) is 4.03. The zero-order chi connectivity index (χ0) is 14.0. The van der Waals surface area contributed by atoms with E-state index in [-0.39, 0.29) is 17.5 Å². The van der Waals surface area contributed by atoms with Crippen LogP contribution in [0.15, 0.2) is 28.7 Å². The molecule has 0 aliphatic carbocycles. The number of carbonyl (C=O) groups is 1. The first-order valence-corrected chi connectivity index (χ1v) is 5.15. The highest BCUT2D eigenvalue weighted by atomic mass is 19.4. The normalized spacial score (nSPS) is 11.4. The predicted octanol–water partition coefficient (Wildman–Crippen LogP) is 2.65. The quantitative estimate of drug-likeness (QED) is 0.911. The van der Waals surface area contributed by atoms with Crippen LogP contribution in [0, 0.1) is 6.92 Å². The van der Waals surface area contributed by atoms with Crippen LogP contribution in [0.2, 0.25) is 0 Å². The first-order chi connectivity index (χ1) is 8.86. The minimum atomic E-state index is -4.41. The molecule has 0 aliphatic rings. The van der Waals surface area contributed by atoms with Crippen LogP contribution in [0.4, 0.5) is 18.9 Å². The number of amides is 1. The van der Waals surface area contributed by atoms with Gasteiger partial charge in [-0.25, -0.2) is 0 Å². The van der Waals surface area contributed by atoms with Crippen molar-refractivity contribution in [1.82, 2.24) is 10.2 Å². The Hall–Kier alpha value is -2.38. The molecule has 2 rings (SSSR count). The van der Waals surface area contributed by atoms with Crippen molar-refractivity contribution in [2.24, 2.45) is 0 Å². The molecule has 5 nitrogen and oxygen atoms in total. The van der Waals surface area contributed by atoms with Crippen LogP contribution in [0.25, 0.3) is 0 Å². The molecule has 19 heavy (non-hydrogen) atoms. The number of anilines is 1. The Labute approximate surface area is 105 Å². The monoisotopic (exact) mass is 271 g/mol. The lowest BCUT2D eigenvalue weighted by Gasteiger charge is -2.07. The van der Waals surface area contributed by atoms with Crippen LogP contribution >= 0.6 is 0 Å². The summed E-state index contributed by atoms with van der Waals surface area (Å²) in [5.74, 6) is -0.713. The Bertz CT molecular complexity index is 590. The number of hydrogen-bond donors (Lipinski definition) is 1. The van der Waals surface area contributed by atoms with E-state index in [0.29, 0.717) is 0 Å². The van der Waals surface area contributed by atoms with E-state index in [0.717, 1.165) is 24.3 Å². The largest absolute Gasteiger partial charge is 0.417 e. The van der Waals surface area contributed by atoms with Crippen molar-refractivity contribution >= 4 is 11.6 Å². The molecule has 0 aliphatic heterocycles. The molecule has 0 saturated heterocycles. The van der Waals surface area contributed by atoms with Gasteiger partial charge >= 0.3 is 18.0 Å². The highest BCUT2D eigenvalue weighted by Gasteiger charge is 2.30. The van der Waals surface area contributed by atoms with Crippen molar-refractivity contribution < 1.29 is 22.4 Å². The maximum Gasteiger partial charge on any atom is 0.416 e. The van der Waals surface area contributed by atoms with Gasteiger partial charge in [0.15, 0.2) is 0 Å². The lowest BCUT2D eigenvalue weighted by Crippen LogP contribution is -2.12. The SMILES string of the molecule is Cc1nnc(C(=O)Nc2ccc(C(F)(F)F)cc2)o1. The number of nitrogens with one attached hydrogen (secondary N) is 1. The number of halogens is 3. The summed E-state index contributed by atoms with van der Waals surface area (Å²) in [5.41, 5.74) is -0.590. The van der Waals surface area contributed by atoms with Gasteiger partial charge in [0.2, 0.25) is 5.89 Å². The van der Waals surface area contributed by atoms with Gasteiger partial charge in [0, 0.05) is 12.6 Å². The van der Waals surface area contributed by atoms with E-state index >= 15 is 0 Å². The number of nitrogens with zero attached hydrogens (tertiary/aromatic N) is 2. The maximum absolute atomic E-state index is 12.3. The van der Waals surface area contributed by atoms with Gasteiger partial charge < -0.3 is 9.73 Å². The van der Waals surface area contributed by atoms with E-state index in [2.05, 4.69) is 15.5 Å². The Morgan fingerprint density at radius 3 is 2.32 bits per heavy atom. The van der Waals surface area contributed by atoms with Crippen molar-refractivity contribution in [3.63, 3.8) is 0 Å². The van der Waals surface area contributed by atoms with Crippen molar-refractivity contribution in [3.05, 3.63) is 41.6 Å². The molecule has 100 valence electrons. The van der Waals surface area contributed by atoms with Crippen LogP contribution in [-0.4, -0.2) is 16.1 Å². The van der Waals surface area contributed by atoms with Crippen molar-refractivity contribution in [2.45, 2.75) is 13.1 Å². The molecule has 0 bridgehead atoms. The molecule has 1 heterocycles. The number of benzene rings is 1. The molecule has 1 amide bonds. The van der Waals surface area contributed by atoms with Crippen LogP contribution in [0.1, 0.15) is 22.1 Å². The minimum absolute atomic E-state index is 0.203. The fraction of sp³-hybridized carbons (Fsp3) is 0.182. The Morgan fingerprint density at radius 2 is 1.84 bits per heavy atom. The van der Waals surface area contributed by atoms with Gasteiger partial charge in [-0.3, -0.25) is 4.79 Å². The molecule has 0 atom stereocenters. The average molecular weight is 271 g/mol. The molecule has 1 aromatic carbocycles. The molecule has 8 heteroatoms. The number of aromatic nitrogens is 2. The molecule has 0 saturated carbocycles. The predicted molar refractivity (Wildman–Crippen MR) is 58.4 cm³/mol. The molecular formula is C11H8F3N3O2. The molecule has 0 unspecified atom stereocenters. The van der Waals surface area contributed by atoms with E-state index in [1.54, 1.807) is 0 Å². The standard InChI is InChI=1S/C11H8F3N3O2/c1-6-16-17-10(19-6)9(18)15-8-4-2-7(3-5-8)11(12,13)14/h2-5H,1H3,(H,15,18). The third kappa shape index (κ3) is 3.09. The Morgan fingerprint density at radius 1 is 1.21 bits per heavy atom. The van der Waals surface area contributed by atoms with Gasteiger partial charge in [0.05, 0.1) is 5.56 Å². The molecule has 1 aromatic heterocycles. The second kappa shape index (κ2) is 4.71. The first-order valence-electron chi connectivity index (χ1n) is 5.15. The molecule has 0 fully saturated rings. The summed E-state index contributed by atoms with van der Waals surface area (Å²) in [6.45, 7) is 1.52. The topological polar surface area (TPSA) is 68.0 Å². The van der Waals surface area contributed by atoms with Crippen LogP contribution < -0.4 is 5.32 Å². The summed E-state index contributed by atoms with van der Waals surface area (Å²) < 4.78 is 41.9. The zero-order valence-electron chi connectivity index (χ0n) is 9.65. The molecule has 0 radical (unpaired) electrons. The van der Waals surface area contributed by atoms with Crippen LogP contribution in [0.5, 0.6) is 0 Å². The van der Waals surface area contributed by atoms with E-state index < -0.39 is 17.6 Å². The second-order valence-corrected chi connectivity index (χ2v) is 3.66. The summed E-state index contributed by atoms with van der Waals surface area (Å²) in [7, 11) is 0. The van der Waals surface area contributed by atoms with Gasteiger partial charge in [-0.1, -0.05) is 0 Å². The lowest BCUT2D eigenvalue weighted by molar-refractivity contribution is -0.137. The molecular weight excluding hydrogens is 263 g/mol.